The number of pyridine rings is 1. The van der Waals surface area contributed by atoms with Gasteiger partial charge < -0.3 is 5.11 Å². The van der Waals surface area contributed by atoms with E-state index >= 15 is 0 Å². The van der Waals surface area contributed by atoms with Gasteiger partial charge in [-0.3, -0.25) is 4.98 Å². The molecule has 5 rings (SSSR count). The maximum Gasteiger partial charge on any atom is 0.328 e. The van der Waals surface area contributed by atoms with Crippen LogP contribution in [0.1, 0.15) is 41.5 Å². The second-order valence-corrected chi connectivity index (χ2v) is 9.55. The molecule has 0 radical (unpaired) electrons. The fourth-order valence-corrected chi connectivity index (χ4v) is 5.01. The predicted molar refractivity (Wildman–Crippen MR) is 147 cm³/mol. The molecule has 1 aromatic heterocycles. The van der Waals surface area contributed by atoms with Crippen LogP contribution in [0.4, 0.5) is 4.39 Å². The average molecular weight is 510 g/mol. The van der Waals surface area contributed by atoms with Crippen LogP contribution in [0.3, 0.4) is 0 Å². The molecule has 1 saturated carbocycles. The summed E-state index contributed by atoms with van der Waals surface area (Å²) in [5, 5.41) is 9.37. The zero-order valence-corrected chi connectivity index (χ0v) is 20.8. The molecule has 1 aliphatic rings. The third-order valence-electron chi connectivity index (χ3n) is 6.81. The first-order valence-electron chi connectivity index (χ1n) is 12.2. The van der Waals surface area contributed by atoms with Crippen LogP contribution in [-0.2, 0) is 4.79 Å². The topological polar surface area (TPSA) is 50.2 Å². The van der Waals surface area contributed by atoms with Gasteiger partial charge in [0.05, 0.1) is 5.02 Å². The summed E-state index contributed by atoms with van der Waals surface area (Å²) in [5.41, 5.74) is 8.00. The number of carboxylic acid groups (broad SMARTS) is 1. The Morgan fingerprint density at radius 2 is 1.51 bits per heavy atom. The molecule has 0 atom stereocenters. The molecule has 1 fully saturated rings. The number of hydrogen-bond acceptors (Lipinski definition) is 2. The smallest absolute Gasteiger partial charge is 0.328 e. The summed E-state index contributed by atoms with van der Waals surface area (Å²) in [4.78, 5) is 15.1. The molecule has 0 aliphatic heterocycles. The summed E-state index contributed by atoms with van der Waals surface area (Å²) in [6, 6.07) is 24.8. The molecule has 1 heterocycles. The second-order valence-electron chi connectivity index (χ2n) is 9.15. The monoisotopic (exact) mass is 509 g/mol. The van der Waals surface area contributed by atoms with Crippen molar-refractivity contribution in [3.05, 3.63) is 130 Å². The molecule has 5 heteroatoms. The van der Waals surface area contributed by atoms with Crippen LogP contribution in [0, 0.1) is 11.7 Å². The van der Waals surface area contributed by atoms with Crippen molar-refractivity contribution in [2.75, 3.05) is 0 Å². The van der Waals surface area contributed by atoms with Crippen LogP contribution >= 0.6 is 11.6 Å². The van der Waals surface area contributed by atoms with Gasteiger partial charge in [-0.25, -0.2) is 9.18 Å². The maximum atomic E-state index is 14.0. The molecular formula is C32H25ClFNO2. The van der Waals surface area contributed by atoms with Crippen molar-refractivity contribution in [2.45, 2.75) is 19.3 Å². The van der Waals surface area contributed by atoms with Gasteiger partial charge in [0.25, 0.3) is 0 Å². The highest BCUT2D eigenvalue weighted by molar-refractivity contribution is 6.32. The summed E-state index contributed by atoms with van der Waals surface area (Å²) in [5.74, 6) is -1.04. The van der Waals surface area contributed by atoms with E-state index in [4.69, 9.17) is 16.7 Å². The Kier molecular flexibility index (Phi) is 7.29. The number of rotatable bonds is 7. The number of carboxylic acids is 1. The minimum atomic E-state index is -0.989. The fraction of sp³-hybridized carbons (Fsp3) is 0.125. The minimum absolute atomic E-state index is 0.310. The molecule has 0 amide bonds. The number of halogens is 2. The lowest BCUT2D eigenvalue weighted by atomic mass is 9.73. The van der Waals surface area contributed by atoms with Gasteiger partial charge in [-0.1, -0.05) is 72.6 Å². The van der Waals surface area contributed by atoms with Crippen LogP contribution in [0.25, 0.3) is 28.3 Å². The molecule has 3 nitrogen and oxygen atoms in total. The van der Waals surface area contributed by atoms with Crippen LogP contribution in [0.5, 0.6) is 0 Å². The van der Waals surface area contributed by atoms with E-state index in [0.717, 1.165) is 69.9 Å². The molecule has 0 bridgehead atoms. The molecule has 0 saturated heterocycles. The summed E-state index contributed by atoms with van der Waals surface area (Å²) in [6.45, 7) is 0. The van der Waals surface area contributed by atoms with Gasteiger partial charge in [0.1, 0.15) is 5.82 Å². The largest absolute Gasteiger partial charge is 0.478 e. The highest BCUT2D eigenvalue weighted by Crippen LogP contribution is 2.47. The van der Waals surface area contributed by atoms with Gasteiger partial charge in [-0.05, 0) is 93.6 Å². The molecule has 37 heavy (non-hydrogen) atoms. The first-order chi connectivity index (χ1) is 18.0. The van der Waals surface area contributed by atoms with Gasteiger partial charge in [0, 0.05) is 18.5 Å². The zero-order chi connectivity index (χ0) is 25.8. The van der Waals surface area contributed by atoms with E-state index in [9.17, 15) is 9.18 Å². The summed E-state index contributed by atoms with van der Waals surface area (Å²) in [6.07, 6.45) is 9.48. The number of hydrogen-bond donors (Lipinski definition) is 1. The molecular weight excluding hydrogens is 485 g/mol. The lowest BCUT2D eigenvalue weighted by molar-refractivity contribution is -0.131. The molecule has 184 valence electrons. The van der Waals surface area contributed by atoms with Crippen molar-refractivity contribution in [1.29, 1.82) is 0 Å². The predicted octanol–water partition coefficient (Wildman–Crippen LogP) is 8.40. The van der Waals surface area contributed by atoms with Gasteiger partial charge in [0.2, 0.25) is 0 Å². The lowest BCUT2D eigenvalue weighted by Crippen LogP contribution is -2.15. The van der Waals surface area contributed by atoms with E-state index in [1.165, 1.54) is 12.1 Å². The van der Waals surface area contributed by atoms with Crippen molar-refractivity contribution in [2.24, 2.45) is 5.92 Å². The third-order valence-corrected chi connectivity index (χ3v) is 7.12. The first kappa shape index (κ1) is 24.7. The highest BCUT2D eigenvalue weighted by atomic mass is 35.5. The minimum Gasteiger partial charge on any atom is -0.478 e. The number of nitrogens with zero attached hydrogens (tertiary/aromatic N) is 1. The Morgan fingerprint density at radius 3 is 2.08 bits per heavy atom. The maximum absolute atomic E-state index is 14.0. The van der Waals surface area contributed by atoms with E-state index in [0.29, 0.717) is 10.9 Å². The van der Waals surface area contributed by atoms with E-state index < -0.39 is 5.97 Å². The van der Waals surface area contributed by atoms with E-state index in [1.807, 2.05) is 36.4 Å². The van der Waals surface area contributed by atoms with E-state index in [-0.39, 0.29) is 5.82 Å². The zero-order valence-electron chi connectivity index (χ0n) is 20.1. The molecule has 0 unspecified atom stereocenters. The van der Waals surface area contributed by atoms with Gasteiger partial charge >= 0.3 is 5.97 Å². The number of benzene rings is 3. The first-order valence-corrected chi connectivity index (χ1v) is 12.6. The van der Waals surface area contributed by atoms with Crippen LogP contribution < -0.4 is 0 Å². The normalized spacial score (nSPS) is 14.3. The number of carbonyl (C=O) groups is 1. The summed E-state index contributed by atoms with van der Waals surface area (Å²) >= 11 is 6.62. The standard InChI is InChI=1S/C32H25ClFNO2/c33-29-20-27(34)13-14-28(29)32(24-2-1-3-24)31(25-7-4-21(5-8-25)6-15-30(36)37)26-11-9-22(10-12-26)23-16-18-35-19-17-23/h4-20,24H,1-3H2,(H,36,37). The fourth-order valence-electron chi connectivity index (χ4n) is 4.74. The van der Waals surface area contributed by atoms with Gasteiger partial charge in [-0.15, -0.1) is 0 Å². The quantitative estimate of drug-likeness (QED) is 0.201. The number of aromatic nitrogens is 1. The Labute approximate surface area is 220 Å². The SMILES string of the molecule is O=C(O)C=Cc1ccc(C(=C(c2ccc(F)cc2Cl)C2CCC2)c2ccc(-c3ccncc3)cc2)cc1. The summed E-state index contributed by atoms with van der Waals surface area (Å²) in [7, 11) is 0. The number of allylic oxidation sites excluding steroid dienone is 1. The van der Waals surface area contributed by atoms with Crippen molar-refractivity contribution < 1.29 is 14.3 Å². The second kappa shape index (κ2) is 10.9. The van der Waals surface area contributed by atoms with Crippen molar-refractivity contribution in [3.8, 4) is 11.1 Å². The molecule has 3 aromatic carbocycles. The Bertz CT molecular complexity index is 1470. The van der Waals surface area contributed by atoms with Gasteiger partial charge in [0.15, 0.2) is 0 Å². The van der Waals surface area contributed by atoms with Crippen molar-refractivity contribution in [3.63, 3.8) is 0 Å². The third kappa shape index (κ3) is 5.55. The van der Waals surface area contributed by atoms with Gasteiger partial charge in [-0.2, -0.15) is 0 Å². The summed E-state index contributed by atoms with van der Waals surface area (Å²) < 4.78 is 14.0. The lowest BCUT2D eigenvalue weighted by Gasteiger charge is -2.32. The number of aliphatic carboxylic acids is 1. The average Bonchev–Trinajstić information content (AvgIpc) is 2.88. The van der Waals surface area contributed by atoms with E-state index in [1.54, 1.807) is 24.5 Å². The van der Waals surface area contributed by atoms with Crippen LogP contribution in [-0.4, -0.2) is 16.1 Å². The Morgan fingerprint density at radius 1 is 0.892 bits per heavy atom. The molecule has 1 N–H and O–H groups in total. The Hall–Kier alpha value is -4.02. The van der Waals surface area contributed by atoms with Crippen molar-refractivity contribution >= 4 is 34.8 Å². The Balaban J connectivity index is 1.69. The van der Waals surface area contributed by atoms with E-state index in [2.05, 4.69) is 29.2 Å². The molecule has 0 spiro atoms. The van der Waals surface area contributed by atoms with Crippen molar-refractivity contribution in [1.82, 2.24) is 4.98 Å². The molecule has 1 aliphatic carbocycles. The molecule has 4 aromatic rings. The highest BCUT2D eigenvalue weighted by Gasteiger charge is 2.28. The van der Waals surface area contributed by atoms with Crippen LogP contribution in [0.2, 0.25) is 5.02 Å². The van der Waals surface area contributed by atoms with Crippen LogP contribution in [0.15, 0.2) is 97.3 Å².